The van der Waals surface area contributed by atoms with E-state index >= 15 is 0 Å². The molecular weight excluding hydrogens is 518 g/mol. The quantitative estimate of drug-likeness (QED) is 0.158. The van der Waals surface area contributed by atoms with Crippen molar-refractivity contribution in [2.24, 2.45) is 0 Å². The Balaban J connectivity index is 1.29. The number of carbonyl (C=O) groups is 3. The maximum absolute atomic E-state index is 13.9. The average Bonchev–Trinajstić information content (AvgIpc) is 3.45. The highest BCUT2D eigenvalue weighted by molar-refractivity contribution is 6.02. The fourth-order valence-corrected chi connectivity index (χ4v) is 6.57. The summed E-state index contributed by atoms with van der Waals surface area (Å²) in [6, 6.07) is 1.29. The average molecular weight is 547 g/mol. The number of nitrogens with one attached hydrogen (secondary N) is 6. The first-order valence-electron chi connectivity index (χ1n) is 12.7. The van der Waals surface area contributed by atoms with E-state index < -0.39 is 54.2 Å². The molecule has 39 heavy (non-hydrogen) atoms. The molecule has 0 bridgehead atoms. The van der Waals surface area contributed by atoms with Gasteiger partial charge in [0.05, 0.1) is 18.6 Å². The minimum absolute atomic E-state index is 0.00898. The number of hydrogen-bond acceptors (Lipinski definition) is 7. The van der Waals surface area contributed by atoms with Crippen LogP contribution in [0.5, 0.6) is 0 Å². The number of hydrogen-bond donors (Lipinski definition) is 8. The molecule has 4 heterocycles. The number of fused-ring (bicyclic) bond motifs is 1. The first kappa shape index (κ1) is 25.4. The minimum atomic E-state index is -2.87. The van der Waals surface area contributed by atoms with E-state index in [4.69, 9.17) is 10.8 Å². The monoisotopic (exact) mass is 546 g/mol. The summed E-state index contributed by atoms with van der Waals surface area (Å²) >= 11 is 0. The summed E-state index contributed by atoms with van der Waals surface area (Å²) < 4.78 is 27.9. The van der Waals surface area contributed by atoms with Crippen LogP contribution in [0.3, 0.4) is 0 Å². The van der Waals surface area contributed by atoms with E-state index in [1.165, 1.54) is 17.0 Å². The number of alkyl halides is 2. The van der Waals surface area contributed by atoms with Gasteiger partial charge in [0.2, 0.25) is 17.6 Å². The first-order chi connectivity index (χ1) is 18.3. The second kappa shape index (κ2) is 8.32. The van der Waals surface area contributed by atoms with Crippen molar-refractivity contribution in [2.45, 2.75) is 67.6 Å². The van der Waals surface area contributed by atoms with E-state index in [0.717, 1.165) is 4.90 Å². The van der Waals surface area contributed by atoms with E-state index in [1.807, 2.05) is 0 Å². The van der Waals surface area contributed by atoms with Crippen LogP contribution < -0.4 is 21.3 Å². The Morgan fingerprint density at radius 3 is 2.56 bits per heavy atom. The van der Waals surface area contributed by atoms with Gasteiger partial charge in [-0.3, -0.25) is 30.1 Å². The molecule has 4 fully saturated rings. The van der Waals surface area contributed by atoms with Crippen molar-refractivity contribution >= 4 is 29.6 Å². The number of carbonyl (C=O) groups excluding carboxylic acids is 3. The molecule has 2 unspecified atom stereocenters. The molecule has 6 rings (SSSR count). The Hall–Kier alpha value is -3.85. The van der Waals surface area contributed by atoms with Gasteiger partial charge in [-0.05, 0) is 23.6 Å². The summed E-state index contributed by atoms with van der Waals surface area (Å²) in [5.41, 5.74) is -0.916. The van der Waals surface area contributed by atoms with Crippen molar-refractivity contribution in [3.05, 3.63) is 34.9 Å². The number of rotatable bonds is 4. The molecule has 15 heteroatoms. The summed E-state index contributed by atoms with van der Waals surface area (Å²) in [6.07, 6.45) is -0.777. The topological polar surface area (TPSA) is 194 Å². The Bertz CT molecular complexity index is 1310. The van der Waals surface area contributed by atoms with Crippen LogP contribution in [0, 0.1) is 10.8 Å². The second-order valence-electron chi connectivity index (χ2n) is 10.7. The molecule has 8 N–H and O–H groups in total. The molecule has 4 aliphatic heterocycles. The van der Waals surface area contributed by atoms with E-state index in [0.29, 0.717) is 11.1 Å². The molecule has 0 radical (unpaired) electrons. The molecule has 0 saturated carbocycles. The molecule has 1 spiro atoms. The van der Waals surface area contributed by atoms with Crippen LogP contribution in [-0.4, -0.2) is 98.2 Å². The second-order valence-corrected chi connectivity index (χ2v) is 10.7. The van der Waals surface area contributed by atoms with Crippen LogP contribution in [0.1, 0.15) is 40.7 Å². The van der Waals surface area contributed by atoms with Gasteiger partial charge < -0.3 is 36.4 Å². The number of guanidine groups is 2. The molecule has 13 nitrogen and oxygen atoms in total. The summed E-state index contributed by atoms with van der Waals surface area (Å²) in [5.74, 6) is -7.61. The van der Waals surface area contributed by atoms with Crippen molar-refractivity contribution in [3.8, 4) is 0 Å². The summed E-state index contributed by atoms with van der Waals surface area (Å²) in [5, 5.41) is 51.0. The fourth-order valence-electron chi connectivity index (χ4n) is 6.57. The highest BCUT2D eigenvalue weighted by atomic mass is 19.3. The van der Waals surface area contributed by atoms with E-state index in [-0.39, 0.29) is 61.6 Å². The van der Waals surface area contributed by atoms with Crippen LogP contribution in [0.2, 0.25) is 0 Å². The first-order valence-corrected chi connectivity index (χ1v) is 12.7. The smallest absolute Gasteiger partial charge is 0.252 e. The number of benzene rings is 1. The van der Waals surface area contributed by atoms with Gasteiger partial charge in [0.15, 0.2) is 17.6 Å². The summed E-state index contributed by atoms with van der Waals surface area (Å²) in [6.45, 7) is -0.416. The Morgan fingerprint density at radius 2 is 1.85 bits per heavy atom. The summed E-state index contributed by atoms with van der Waals surface area (Å²) in [7, 11) is 0. The molecule has 1 aromatic carbocycles. The highest BCUT2D eigenvalue weighted by Gasteiger charge is 2.74. The lowest BCUT2D eigenvalue weighted by Crippen LogP contribution is -2.81. The Morgan fingerprint density at radius 1 is 1.13 bits per heavy atom. The number of imide groups is 1. The number of halogens is 2. The third-order valence-electron chi connectivity index (χ3n) is 8.44. The standard InChI is InChI=1S/C24H28F2N8O5/c25-22(26)7-6-12-11(8-22)2-1-3-13(12)19(37)30-15-10-34-21(28)29-14(9-33-16(35)4-5-17(33)36)18-23(34,24(15,38)39)32-20(27)31-18/h1-3,14-15,18,38-39H,4-10H2,(H2,28,29)(H,30,37)(H3,27,31,32)/t14-,15?,18-,23?/m0/s1. The van der Waals surface area contributed by atoms with Gasteiger partial charge in [0.1, 0.15) is 6.04 Å². The lowest BCUT2D eigenvalue weighted by molar-refractivity contribution is -0.232. The zero-order chi connectivity index (χ0) is 27.9. The van der Waals surface area contributed by atoms with Gasteiger partial charge in [-0.2, -0.15) is 0 Å². The van der Waals surface area contributed by atoms with Crippen LogP contribution >= 0.6 is 0 Å². The van der Waals surface area contributed by atoms with Crippen LogP contribution in [0.25, 0.3) is 0 Å². The van der Waals surface area contributed by atoms with Gasteiger partial charge in [-0.15, -0.1) is 0 Å². The Kier molecular flexibility index (Phi) is 5.43. The third kappa shape index (κ3) is 3.66. The molecule has 0 aromatic heterocycles. The van der Waals surface area contributed by atoms with Crippen LogP contribution in [-0.2, 0) is 22.4 Å². The lowest BCUT2D eigenvalue weighted by atomic mass is 9.84. The fraction of sp³-hybridized carbons (Fsp3) is 0.542. The molecule has 4 atom stereocenters. The van der Waals surface area contributed by atoms with Gasteiger partial charge in [-0.1, -0.05) is 12.1 Å². The molecule has 4 saturated heterocycles. The maximum Gasteiger partial charge on any atom is 0.252 e. The third-order valence-corrected chi connectivity index (χ3v) is 8.44. The molecule has 5 aliphatic rings. The molecule has 1 aromatic rings. The van der Waals surface area contributed by atoms with Crippen molar-refractivity contribution in [1.29, 1.82) is 10.8 Å². The van der Waals surface area contributed by atoms with Gasteiger partial charge in [0.25, 0.3) is 11.8 Å². The minimum Gasteiger partial charge on any atom is -0.361 e. The highest BCUT2D eigenvalue weighted by Crippen LogP contribution is 2.43. The van der Waals surface area contributed by atoms with Crippen molar-refractivity contribution < 1.29 is 33.4 Å². The van der Waals surface area contributed by atoms with Gasteiger partial charge in [-0.25, -0.2) is 8.78 Å². The van der Waals surface area contributed by atoms with Crippen molar-refractivity contribution in [2.75, 3.05) is 13.1 Å². The normalized spacial score (nSPS) is 32.2. The zero-order valence-electron chi connectivity index (χ0n) is 20.7. The zero-order valence-corrected chi connectivity index (χ0v) is 20.7. The largest absolute Gasteiger partial charge is 0.361 e. The summed E-state index contributed by atoms with van der Waals surface area (Å²) in [4.78, 5) is 40.2. The number of likely N-dealkylation sites (tertiary alicyclic amines) is 1. The predicted octanol–water partition coefficient (Wildman–Crippen LogP) is -1.85. The van der Waals surface area contributed by atoms with Crippen LogP contribution in [0.15, 0.2) is 18.2 Å². The Labute approximate surface area is 220 Å². The number of amides is 3. The SMILES string of the molecule is N=C1N[C@H]2[C@H](CN3C(=O)CCC3=O)NC(=N)N3CC(NC(=O)c4cccc5c4CCC(F)(F)C5)C(O)(O)C23N1. The van der Waals surface area contributed by atoms with Crippen LogP contribution in [0.4, 0.5) is 8.78 Å². The van der Waals surface area contributed by atoms with Gasteiger partial charge >= 0.3 is 0 Å². The van der Waals surface area contributed by atoms with E-state index in [9.17, 15) is 33.4 Å². The van der Waals surface area contributed by atoms with Crippen molar-refractivity contribution in [3.63, 3.8) is 0 Å². The van der Waals surface area contributed by atoms with Crippen molar-refractivity contribution in [1.82, 2.24) is 31.1 Å². The molecule has 1 aliphatic carbocycles. The maximum atomic E-state index is 13.9. The predicted molar refractivity (Wildman–Crippen MR) is 130 cm³/mol. The molecular formula is C24H28F2N8O5. The van der Waals surface area contributed by atoms with E-state index in [2.05, 4.69) is 21.3 Å². The van der Waals surface area contributed by atoms with Gasteiger partial charge in [0, 0.05) is 37.8 Å². The number of aliphatic hydroxyl groups is 2. The van der Waals surface area contributed by atoms with E-state index in [1.54, 1.807) is 6.07 Å². The number of nitrogens with zero attached hydrogens (tertiary/aromatic N) is 2. The molecule has 208 valence electrons. The lowest BCUT2D eigenvalue weighted by Gasteiger charge is -2.51. The molecule has 3 amide bonds.